The van der Waals surface area contributed by atoms with Gasteiger partial charge in [0.1, 0.15) is 0 Å². The van der Waals surface area contributed by atoms with Crippen LogP contribution in [0.25, 0.3) is 0 Å². The summed E-state index contributed by atoms with van der Waals surface area (Å²) in [6, 6.07) is 20.5. The average Bonchev–Trinajstić information content (AvgIpc) is 2.77. The zero-order valence-corrected chi connectivity index (χ0v) is 17.9. The number of aliphatic hydroxyl groups is 2. The molecular formula is C24H36N2O4. The van der Waals surface area contributed by atoms with Gasteiger partial charge in [0, 0.05) is 39.3 Å². The molecule has 2 N–H and O–H groups in total. The molecule has 0 unspecified atom stereocenters. The monoisotopic (exact) mass is 416 g/mol. The van der Waals surface area contributed by atoms with Crippen LogP contribution >= 0.6 is 0 Å². The predicted molar refractivity (Wildman–Crippen MR) is 119 cm³/mol. The first-order valence-electron chi connectivity index (χ1n) is 10.7. The normalized spacial score (nSPS) is 11.5. The molecule has 166 valence electrons. The van der Waals surface area contributed by atoms with Crippen LogP contribution in [0.5, 0.6) is 0 Å². The van der Waals surface area contributed by atoms with Gasteiger partial charge >= 0.3 is 0 Å². The quantitative estimate of drug-likeness (QED) is 0.385. The molecule has 0 saturated carbocycles. The number of nitrogens with zero attached hydrogens (tertiary/aromatic N) is 2. The van der Waals surface area contributed by atoms with E-state index in [9.17, 15) is 10.2 Å². The number of rotatable bonds is 17. The van der Waals surface area contributed by atoms with E-state index in [2.05, 4.69) is 34.1 Å². The lowest BCUT2D eigenvalue weighted by molar-refractivity contribution is 0.0270. The Morgan fingerprint density at radius 2 is 0.933 bits per heavy atom. The molecule has 0 aliphatic heterocycles. The van der Waals surface area contributed by atoms with E-state index in [4.69, 9.17) is 9.47 Å². The van der Waals surface area contributed by atoms with E-state index in [1.807, 2.05) is 36.4 Å². The second kappa shape index (κ2) is 16.0. The molecule has 0 spiro atoms. The molecule has 30 heavy (non-hydrogen) atoms. The third-order valence-corrected chi connectivity index (χ3v) is 4.81. The Kier molecular flexibility index (Phi) is 13.0. The topological polar surface area (TPSA) is 65.4 Å². The molecule has 2 aromatic carbocycles. The predicted octanol–water partition coefficient (Wildman–Crippen LogP) is 2.01. The van der Waals surface area contributed by atoms with Crippen LogP contribution < -0.4 is 0 Å². The summed E-state index contributed by atoms with van der Waals surface area (Å²) in [4.78, 5) is 4.37. The van der Waals surface area contributed by atoms with Crippen molar-refractivity contribution in [2.24, 2.45) is 0 Å². The first-order valence-corrected chi connectivity index (χ1v) is 10.7. The van der Waals surface area contributed by atoms with Gasteiger partial charge in [0.25, 0.3) is 0 Å². The molecule has 2 aromatic rings. The zero-order chi connectivity index (χ0) is 21.3. The van der Waals surface area contributed by atoms with Crippen LogP contribution in [-0.4, -0.2) is 85.8 Å². The Hall–Kier alpha value is -1.80. The lowest BCUT2D eigenvalue weighted by Crippen LogP contribution is -2.31. The molecule has 0 amide bonds. The Balaban J connectivity index is 1.54. The highest BCUT2D eigenvalue weighted by Crippen LogP contribution is 2.05. The van der Waals surface area contributed by atoms with E-state index in [-0.39, 0.29) is 13.2 Å². The molecular weight excluding hydrogens is 380 g/mol. The van der Waals surface area contributed by atoms with Crippen molar-refractivity contribution in [2.45, 2.75) is 13.1 Å². The van der Waals surface area contributed by atoms with Gasteiger partial charge in [-0.2, -0.15) is 0 Å². The molecule has 0 atom stereocenters. The van der Waals surface area contributed by atoms with Crippen molar-refractivity contribution in [2.75, 3.05) is 65.8 Å². The van der Waals surface area contributed by atoms with Gasteiger partial charge in [0.05, 0.1) is 39.6 Å². The highest BCUT2D eigenvalue weighted by atomic mass is 16.5. The third-order valence-electron chi connectivity index (χ3n) is 4.81. The summed E-state index contributed by atoms with van der Waals surface area (Å²) in [6.07, 6.45) is 0. The molecule has 0 aliphatic carbocycles. The summed E-state index contributed by atoms with van der Waals surface area (Å²) >= 11 is 0. The van der Waals surface area contributed by atoms with Gasteiger partial charge in [0.15, 0.2) is 0 Å². The van der Waals surface area contributed by atoms with Gasteiger partial charge in [-0.25, -0.2) is 0 Å². The maximum atomic E-state index is 9.27. The Morgan fingerprint density at radius 1 is 0.533 bits per heavy atom. The number of benzene rings is 2. The fourth-order valence-electron chi connectivity index (χ4n) is 3.22. The van der Waals surface area contributed by atoms with Gasteiger partial charge < -0.3 is 19.7 Å². The maximum absolute atomic E-state index is 9.27. The van der Waals surface area contributed by atoms with Crippen molar-refractivity contribution < 1.29 is 19.7 Å². The van der Waals surface area contributed by atoms with Gasteiger partial charge in [0.2, 0.25) is 0 Å². The molecule has 0 bridgehead atoms. The number of ether oxygens (including phenoxy) is 2. The number of hydrogen-bond donors (Lipinski definition) is 2. The molecule has 0 heterocycles. The molecule has 2 rings (SSSR count). The highest BCUT2D eigenvalue weighted by Gasteiger charge is 2.07. The van der Waals surface area contributed by atoms with Crippen molar-refractivity contribution in [3.63, 3.8) is 0 Å². The molecule has 0 saturated heterocycles. The fraction of sp³-hybridized carbons (Fsp3) is 0.500. The molecule has 0 radical (unpaired) electrons. The standard InChI is InChI=1S/C24H36N2O4/c27-15-11-25(21-23-7-3-1-4-8-23)13-17-29-19-20-30-18-14-26(12-16-28)22-24-9-5-2-6-10-24/h1-10,27-28H,11-22H2. The number of hydrogen-bond acceptors (Lipinski definition) is 6. The van der Waals surface area contributed by atoms with Gasteiger partial charge in [-0.1, -0.05) is 60.7 Å². The summed E-state index contributed by atoms with van der Waals surface area (Å²) < 4.78 is 11.4. The van der Waals surface area contributed by atoms with Crippen molar-refractivity contribution in [3.05, 3.63) is 71.8 Å². The smallest absolute Gasteiger partial charge is 0.0701 e. The SMILES string of the molecule is OCCN(CCOCCOCCN(CCO)Cc1ccccc1)Cc1ccccc1. The number of aliphatic hydroxyl groups excluding tert-OH is 2. The van der Waals surface area contributed by atoms with E-state index in [1.165, 1.54) is 11.1 Å². The van der Waals surface area contributed by atoms with Crippen LogP contribution in [0.3, 0.4) is 0 Å². The van der Waals surface area contributed by atoms with E-state index in [1.54, 1.807) is 0 Å². The van der Waals surface area contributed by atoms with E-state index < -0.39 is 0 Å². The lowest BCUT2D eigenvalue weighted by Gasteiger charge is -2.22. The van der Waals surface area contributed by atoms with E-state index >= 15 is 0 Å². The molecule has 0 aliphatic rings. The fourth-order valence-corrected chi connectivity index (χ4v) is 3.22. The largest absolute Gasteiger partial charge is 0.395 e. The van der Waals surface area contributed by atoms with E-state index in [0.717, 1.165) is 26.2 Å². The summed E-state index contributed by atoms with van der Waals surface area (Å²) in [5.41, 5.74) is 2.47. The van der Waals surface area contributed by atoms with Crippen molar-refractivity contribution >= 4 is 0 Å². The molecule has 6 heteroatoms. The summed E-state index contributed by atoms with van der Waals surface area (Å²) in [5, 5.41) is 18.5. The van der Waals surface area contributed by atoms with Gasteiger partial charge in [-0.15, -0.1) is 0 Å². The van der Waals surface area contributed by atoms with Crippen LogP contribution in [-0.2, 0) is 22.6 Å². The summed E-state index contributed by atoms with van der Waals surface area (Å²) in [5.74, 6) is 0. The minimum atomic E-state index is 0.142. The Bertz CT molecular complexity index is 585. The van der Waals surface area contributed by atoms with Crippen molar-refractivity contribution in [1.82, 2.24) is 9.80 Å². The van der Waals surface area contributed by atoms with E-state index in [0.29, 0.717) is 39.5 Å². The maximum Gasteiger partial charge on any atom is 0.0701 e. The minimum absolute atomic E-state index is 0.142. The second-order valence-corrected chi connectivity index (χ2v) is 7.20. The van der Waals surface area contributed by atoms with Crippen molar-refractivity contribution in [1.29, 1.82) is 0 Å². The van der Waals surface area contributed by atoms with Crippen LogP contribution in [0.4, 0.5) is 0 Å². The Labute approximate surface area is 180 Å². The van der Waals surface area contributed by atoms with Crippen molar-refractivity contribution in [3.8, 4) is 0 Å². The Morgan fingerprint density at radius 3 is 1.30 bits per heavy atom. The van der Waals surface area contributed by atoms with Gasteiger partial charge in [-0.05, 0) is 11.1 Å². The zero-order valence-electron chi connectivity index (χ0n) is 17.9. The molecule has 0 fully saturated rings. The first kappa shape index (κ1) is 24.5. The van der Waals surface area contributed by atoms with Crippen LogP contribution in [0.2, 0.25) is 0 Å². The summed E-state index contributed by atoms with van der Waals surface area (Å²) in [7, 11) is 0. The highest BCUT2D eigenvalue weighted by molar-refractivity contribution is 5.15. The molecule has 6 nitrogen and oxygen atoms in total. The molecule has 0 aromatic heterocycles. The second-order valence-electron chi connectivity index (χ2n) is 7.20. The first-order chi connectivity index (χ1) is 14.8. The average molecular weight is 417 g/mol. The third kappa shape index (κ3) is 10.8. The van der Waals surface area contributed by atoms with Crippen LogP contribution in [0.15, 0.2) is 60.7 Å². The van der Waals surface area contributed by atoms with Gasteiger partial charge in [-0.3, -0.25) is 9.80 Å². The van der Waals surface area contributed by atoms with Crippen LogP contribution in [0.1, 0.15) is 11.1 Å². The minimum Gasteiger partial charge on any atom is -0.395 e. The van der Waals surface area contributed by atoms with Crippen LogP contribution in [0, 0.1) is 0 Å². The lowest BCUT2D eigenvalue weighted by atomic mass is 10.2. The summed E-state index contributed by atoms with van der Waals surface area (Å²) in [6.45, 7) is 7.05.